The second kappa shape index (κ2) is 21.7. The second-order valence-electron chi connectivity index (χ2n) is 34.0. The SMILES string of the molecule is C.C=C(C)[C@@H]1CC[C@]2(C(C)=O)CC[C@]3(C)[C@H](CC[C@@H]4[C@@]5(C)CC=C(c6ccc(C(=O)NS(C)(=O)=O)cc6)C(C)(C)[C@@H]5CC[C@]43C)[C@@H]12.CC[C@]12CC[C@@H](C(C)C)[C@@H]1[C@H]1CC[C@@H]3[C@@]4(C)CC=C(c5ccc(C(=O)O)cc5)C(C)(C)[C@@H]4CC[C@@]3(C)[C@]1(C)CC2. The van der Waals surface area contributed by atoms with Gasteiger partial charge < -0.3 is 5.11 Å². The van der Waals surface area contributed by atoms with Crippen molar-refractivity contribution >= 4 is 38.8 Å². The van der Waals surface area contributed by atoms with Gasteiger partial charge in [-0.05, 0) is 290 Å². The van der Waals surface area contributed by atoms with E-state index in [1.54, 1.807) is 24.3 Å². The summed E-state index contributed by atoms with van der Waals surface area (Å²) in [7, 11) is -3.62. The third kappa shape index (κ3) is 9.34. The molecule has 0 unspecified atom stereocenters. The van der Waals surface area contributed by atoms with Crippen molar-refractivity contribution in [2.24, 2.45) is 119 Å². The zero-order chi connectivity index (χ0) is 61.8. The van der Waals surface area contributed by atoms with Gasteiger partial charge in [0.1, 0.15) is 5.78 Å². The quantitative estimate of drug-likeness (QED) is 0.242. The van der Waals surface area contributed by atoms with Gasteiger partial charge in [0.25, 0.3) is 5.91 Å². The minimum atomic E-state index is -3.62. The smallest absolute Gasteiger partial charge is 0.335 e. The molecule has 1 amide bonds. The number of carbonyl (C=O) groups is 3. The molecule has 8 fully saturated rings. The molecule has 12 rings (SSSR count). The summed E-state index contributed by atoms with van der Waals surface area (Å²) >= 11 is 0. The number of rotatable bonds is 9. The van der Waals surface area contributed by atoms with Gasteiger partial charge in [-0.15, -0.1) is 0 Å². The third-order valence-electron chi connectivity index (χ3n) is 30.3. The van der Waals surface area contributed by atoms with E-state index in [-0.39, 0.29) is 39.9 Å². The van der Waals surface area contributed by atoms with Gasteiger partial charge >= 0.3 is 5.97 Å². The van der Waals surface area contributed by atoms with Crippen LogP contribution in [0.4, 0.5) is 0 Å². The Morgan fingerprint density at radius 3 is 1.48 bits per heavy atom. The lowest BCUT2D eigenvalue weighted by Crippen LogP contribution is -2.65. The largest absolute Gasteiger partial charge is 0.478 e. The van der Waals surface area contributed by atoms with Crippen molar-refractivity contribution in [3.8, 4) is 0 Å². The van der Waals surface area contributed by atoms with Crippen molar-refractivity contribution in [2.45, 2.75) is 233 Å². The molecule has 0 aliphatic heterocycles. The molecule has 8 saturated carbocycles. The molecule has 18 atom stereocenters. The summed E-state index contributed by atoms with van der Waals surface area (Å²) in [6.07, 6.45) is 30.3. The average molecular weight is 1190 g/mol. The number of carbonyl (C=O) groups excluding carboxylic acids is 2. The zero-order valence-electron chi connectivity index (χ0n) is 55.7. The predicted octanol–water partition coefficient (Wildman–Crippen LogP) is 19.8. The van der Waals surface area contributed by atoms with E-state index < -0.39 is 21.9 Å². The van der Waals surface area contributed by atoms with Gasteiger partial charge in [0.15, 0.2) is 0 Å². The molecule has 0 aromatic heterocycles. The Bertz CT molecular complexity index is 3180. The second-order valence-corrected chi connectivity index (χ2v) is 35.8. The van der Waals surface area contributed by atoms with Crippen LogP contribution in [-0.4, -0.2) is 37.4 Å². The topological polar surface area (TPSA) is 118 Å². The summed E-state index contributed by atoms with van der Waals surface area (Å²) < 4.78 is 25.2. The summed E-state index contributed by atoms with van der Waals surface area (Å²) in [5, 5.41) is 9.42. The number of benzene rings is 2. The lowest BCUT2D eigenvalue weighted by Gasteiger charge is -2.72. The number of hydrogen-bond acceptors (Lipinski definition) is 5. The van der Waals surface area contributed by atoms with Crippen LogP contribution in [0.5, 0.6) is 0 Å². The number of ketones is 1. The molecule has 0 saturated heterocycles. The highest BCUT2D eigenvalue weighted by molar-refractivity contribution is 7.89. The fourth-order valence-electron chi connectivity index (χ4n) is 25.9. The molecule has 7 nitrogen and oxygen atoms in total. The molecule has 474 valence electrons. The van der Waals surface area contributed by atoms with Crippen molar-refractivity contribution in [1.29, 1.82) is 0 Å². The Hall–Kier alpha value is -3.78. The number of sulfonamides is 1. The number of aromatic carboxylic acids is 1. The molecule has 8 heteroatoms. The molecule has 0 heterocycles. The summed E-state index contributed by atoms with van der Waals surface area (Å²) in [5.41, 5.74) is 9.40. The fourth-order valence-corrected chi connectivity index (χ4v) is 26.4. The molecule has 2 N–H and O–H groups in total. The van der Waals surface area contributed by atoms with Crippen LogP contribution in [0.15, 0.2) is 72.8 Å². The Kier molecular flexibility index (Phi) is 16.4. The van der Waals surface area contributed by atoms with Crippen LogP contribution >= 0.6 is 0 Å². The molecule has 10 aliphatic carbocycles. The number of allylic oxidation sites excluding steroid dienone is 5. The van der Waals surface area contributed by atoms with E-state index in [0.717, 1.165) is 79.9 Å². The third-order valence-corrected chi connectivity index (χ3v) is 30.9. The molecule has 2 aromatic rings. The lowest BCUT2D eigenvalue weighted by molar-refractivity contribution is -0.228. The lowest BCUT2D eigenvalue weighted by atomic mass is 9.32. The van der Waals surface area contributed by atoms with E-state index in [2.05, 4.69) is 120 Å². The molecule has 0 spiro atoms. The maximum atomic E-state index is 13.4. The first kappa shape index (κ1) is 65.2. The highest BCUT2D eigenvalue weighted by Crippen LogP contribution is 2.80. The number of fused-ring (bicyclic) bond motifs is 14. The maximum Gasteiger partial charge on any atom is 0.335 e. The van der Waals surface area contributed by atoms with Gasteiger partial charge in [0, 0.05) is 11.0 Å². The van der Waals surface area contributed by atoms with E-state index in [9.17, 15) is 27.9 Å². The van der Waals surface area contributed by atoms with Crippen LogP contribution in [0.1, 0.15) is 265 Å². The predicted molar refractivity (Wildman–Crippen MR) is 355 cm³/mol. The monoisotopic (exact) mass is 1190 g/mol. The summed E-state index contributed by atoms with van der Waals surface area (Å²) in [6.45, 7) is 42.0. The number of amides is 1. The highest BCUT2D eigenvalue weighted by atomic mass is 32.2. The fraction of sp³-hybridized carbons (Fsp3) is 0.731. The Labute approximate surface area is 522 Å². The van der Waals surface area contributed by atoms with Gasteiger partial charge in [-0.25, -0.2) is 17.9 Å². The summed E-state index contributed by atoms with van der Waals surface area (Å²) in [5.74, 6) is 6.61. The normalized spacial score (nSPS) is 43.1. The Morgan fingerprint density at radius 1 is 0.581 bits per heavy atom. The van der Waals surface area contributed by atoms with Crippen molar-refractivity contribution in [3.05, 3.63) is 95.1 Å². The van der Waals surface area contributed by atoms with Gasteiger partial charge in [-0.2, -0.15) is 0 Å². The molecule has 2 aromatic carbocycles. The van der Waals surface area contributed by atoms with E-state index >= 15 is 0 Å². The minimum Gasteiger partial charge on any atom is -0.478 e. The van der Waals surface area contributed by atoms with Crippen LogP contribution in [0, 0.1) is 119 Å². The Morgan fingerprint density at radius 2 is 1.05 bits per heavy atom. The minimum absolute atomic E-state index is 0. The van der Waals surface area contributed by atoms with E-state index in [1.807, 2.05) is 31.2 Å². The zero-order valence-corrected chi connectivity index (χ0v) is 56.5. The molecular formula is C78H115NO6S. The van der Waals surface area contributed by atoms with Crippen LogP contribution in [0.3, 0.4) is 0 Å². The number of carboxylic acid groups (broad SMARTS) is 1. The van der Waals surface area contributed by atoms with Crippen molar-refractivity contribution < 1.29 is 27.9 Å². The first-order valence-electron chi connectivity index (χ1n) is 34.1. The number of carboxylic acids is 1. The van der Waals surface area contributed by atoms with Crippen LogP contribution in [0.25, 0.3) is 11.1 Å². The van der Waals surface area contributed by atoms with E-state index in [1.165, 1.54) is 106 Å². The number of nitrogens with one attached hydrogen (secondary N) is 1. The average Bonchev–Trinajstić information content (AvgIpc) is 0.975. The van der Waals surface area contributed by atoms with Crippen LogP contribution in [0.2, 0.25) is 0 Å². The summed E-state index contributed by atoms with van der Waals surface area (Å²) in [6, 6.07) is 15.1. The molecule has 0 radical (unpaired) electrons. The number of hydrogen-bond donors (Lipinski definition) is 2. The van der Waals surface area contributed by atoms with E-state index in [0.29, 0.717) is 74.1 Å². The molecule has 10 aliphatic rings. The summed E-state index contributed by atoms with van der Waals surface area (Å²) in [4.78, 5) is 37.3. The highest BCUT2D eigenvalue weighted by Gasteiger charge is 2.73. The van der Waals surface area contributed by atoms with Crippen molar-refractivity contribution in [1.82, 2.24) is 4.72 Å². The van der Waals surface area contributed by atoms with Crippen LogP contribution in [-0.2, 0) is 14.8 Å². The van der Waals surface area contributed by atoms with Crippen molar-refractivity contribution in [2.75, 3.05) is 6.26 Å². The molecule has 0 bridgehead atoms. The van der Waals surface area contributed by atoms with Crippen LogP contribution < -0.4 is 4.72 Å². The first-order valence-corrected chi connectivity index (χ1v) is 36.0. The maximum absolute atomic E-state index is 13.4. The van der Waals surface area contributed by atoms with Gasteiger partial charge in [0.2, 0.25) is 10.0 Å². The van der Waals surface area contributed by atoms with Gasteiger partial charge in [-0.1, -0.05) is 152 Å². The van der Waals surface area contributed by atoms with Crippen molar-refractivity contribution in [3.63, 3.8) is 0 Å². The molecule has 86 heavy (non-hydrogen) atoms. The Balaban J connectivity index is 0.000000190. The first-order chi connectivity index (χ1) is 39.6. The number of Topliss-reactive ketones (excluding diaryl/α,β-unsaturated/α-hetero) is 1. The molecular weight excluding hydrogens is 1080 g/mol. The van der Waals surface area contributed by atoms with Gasteiger partial charge in [-0.3, -0.25) is 9.59 Å². The standard InChI is InChI=1S/C39H55NO4S.C38H56O2.CH4/c1-24(2)28-16-21-39(25(3)41)23-22-37(7)30(33(28)39)14-15-32-36(6)19-17-29(35(4,5)31(36)18-20-38(32,37)8)26-10-12-27(13-11-26)34(42)40-45(9,43)44;1-9-38-21-16-27(24(2)3)32(38)29-14-15-31-35(6)19-17-28(25-10-12-26(13-11-25)33(39)40)34(4,5)30(35)18-20-37(31,8)36(29,7)22-23-38;/h10-13,17,28,30-33H,1,14-16,18-23H2,2-9H3,(H,40,42);10-13,17,24,27,29-32H,9,14-16,18-23H2,1-8H3,(H,39,40);1H4/t28-,30+,31-,32+,33+,36-,37+,38+,39+;27-,29+,30-,31+,32+,35-,36+,37+,38+;/m00./s1. The van der Waals surface area contributed by atoms with Gasteiger partial charge in [0.05, 0.1) is 11.8 Å². The van der Waals surface area contributed by atoms with E-state index in [4.69, 9.17) is 0 Å².